The lowest BCUT2D eigenvalue weighted by atomic mass is 10.3. The molecule has 0 spiro atoms. The molecule has 23 heavy (non-hydrogen) atoms. The number of halogens is 5. The molecule has 0 N–H and O–H groups in total. The second kappa shape index (κ2) is 5.98. The fourth-order valence-electron chi connectivity index (χ4n) is 1.94. The van der Waals surface area contributed by atoms with Crippen LogP contribution >= 0.6 is 0 Å². The van der Waals surface area contributed by atoms with E-state index in [9.17, 15) is 26.7 Å². The van der Waals surface area contributed by atoms with Crippen molar-refractivity contribution >= 4 is 16.8 Å². The van der Waals surface area contributed by atoms with E-state index >= 15 is 0 Å². The first kappa shape index (κ1) is 16.9. The number of carbonyl (C=O) groups excluding carboxylic acids is 1. The van der Waals surface area contributed by atoms with Gasteiger partial charge in [0.25, 0.3) is 0 Å². The highest BCUT2D eigenvalue weighted by Crippen LogP contribution is 2.25. The zero-order chi connectivity index (χ0) is 17.4. The van der Waals surface area contributed by atoms with Crippen LogP contribution in [-0.4, -0.2) is 40.5 Å². The van der Waals surface area contributed by atoms with Crippen molar-refractivity contribution in [1.82, 2.24) is 14.5 Å². The van der Waals surface area contributed by atoms with Gasteiger partial charge in [0.2, 0.25) is 5.78 Å². The average Bonchev–Trinajstić information content (AvgIpc) is 2.73. The molecule has 2 rings (SSSR count). The van der Waals surface area contributed by atoms with Gasteiger partial charge in [-0.05, 0) is 0 Å². The highest BCUT2D eigenvalue weighted by molar-refractivity contribution is 6.04. The maximum Gasteiger partial charge on any atom is 0.406 e. The fourth-order valence-corrected chi connectivity index (χ4v) is 1.94. The molecule has 0 saturated heterocycles. The largest absolute Gasteiger partial charge is 0.406 e. The zero-order valence-electron chi connectivity index (χ0n) is 12.2. The molecule has 0 fully saturated rings. The topological polar surface area (TPSA) is 38.1 Å². The number of hydrogen-bond acceptors (Lipinski definition) is 3. The number of hydrogen-bond donors (Lipinski definition) is 0. The van der Waals surface area contributed by atoms with E-state index in [1.165, 1.54) is 11.1 Å². The van der Waals surface area contributed by atoms with Crippen molar-refractivity contribution in [3.05, 3.63) is 41.9 Å². The predicted molar refractivity (Wildman–Crippen MR) is 72.9 cm³/mol. The molecule has 0 atom stereocenters. The Labute approximate surface area is 127 Å². The Balaban J connectivity index is 2.62. The van der Waals surface area contributed by atoms with Crippen LogP contribution < -0.4 is 0 Å². The van der Waals surface area contributed by atoms with Gasteiger partial charge in [0.1, 0.15) is 6.54 Å². The van der Waals surface area contributed by atoms with Gasteiger partial charge in [0.15, 0.2) is 17.5 Å². The third-order valence-corrected chi connectivity index (χ3v) is 2.87. The number of ketones is 1. The van der Waals surface area contributed by atoms with Crippen LogP contribution in [0, 0.1) is 11.6 Å². The van der Waals surface area contributed by atoms with Gasteiger partial charge in [-0.25, -0.2) is 13.8 Å². The van der Waals surface area contributed by atoms with Crippen molar-refractivity contribution in [2.75, 3.05) is 14.1 Å². The minimum absolute atomic E-state index is 0.227. The summed E-state index contributed by atoms with van der Waals surface area (Å²) in [6, 6.07) is 1.25. The summed E-state index contributed by atoms with van der Waals surface area (Å²) in [6.45, 7) is -1.54. The summed E-state index contributed by atoms with van der Waals surface area (Å²) in [7, 11) is 3.24. The van der Waals surface area contributed by atoms with Crippen molar-refractivity contribution in [3.63, 3.8) is 0 Å². The van der Waals surface area contributed by atoms with E-state index in [0.717, 1.165) is 6.08 Å². The molecule has 124 valence electrons. The van der Waals surface area contributed by atoms with Gasteiger partial charge in [-0.15, -0.1) is 0 Å². The Morgan fingerprint density at radius 3 is 2.43 bits per heavy atom. The fraction of sp³-hybridized carbons (Fsp3) is 0.286. The minimum atomic E-state index is -4.65. The minimum Gasteiger partial charge on any atom is -0.383 e. The highest BCUT2D eigenvalue weighted by atomic mass is 19.4. The Kier molecular flexibility index (Phi) is 4.39. The van der Waals surface area contributed by atoms with Crippen molar-refractivity contribution in [2.45, 2.75) is 12.7 Å². The zero-order valence-corrected chi connectivity index (χ0v) is 12.2. The molecule has 1 heterocycles. The van der Waals surface area contributed by atoms with E-state index in [-0.39, 0.29) is 11.0 Å². The molecule has 0 aliphatic carbocycles. The van der Waals surface area contributed by atoms with Crippen molar-refractivity contribution in [3.8, 4) is 0 Å². The van der Waals surface area contributed by atoms with Crippen LogP contribution in [0.1, 0.15) is 10.6 Å². The van der Waals surface area contributed by atoms with Gasteiger partial charge in [-0.2, -0.15) is 13.2 Å². The summed E-state index contributed by atoms with van der Waals surface area (Å²) in [5.41, 5.74) is -0.530. The second-order valence-electron chi connectivity index (χ2n) is 5.04. The summed E-state index contributed by atoms with van der Waals surface area (Å²) in [6.07, 6.45) is -2.29. The molecule has 2 aromatic rings. The summed E-state index contributed by atoms with van der Waals surface area (Å²) >= 11 is 0. The first-order chi connectivity index (χ1) is 10.6. The van der Waals surface area contributed by atoms with Gasteiger partial charge < -0.3 is 9.47 Å². The molecule has 0 unspecified atom stereocenters. The SMILES string of the molecule is CN(C)/C=C/C(=O)c1nc2cc(F)c(F)cc2n1CC(F)(F)F. The third kappa shape index (κ3) is 3.85. The summed E-state index contributed by atoms with van der Waals surface area (Å²) < 4.78 is 65.3. The molecule has 9 heteroatoms. The maximum absolute atomic E-state index is 13.3. The van der Waals surface area contributed by atoms with Crippen LogP contribution in [0.15, 0.2) is 24.4 Å². The van der Waals surface area contributed by atoms with E-state index in [1.54, 1.807) is 14.1 Å². The van der Waals surface area contributed by atoms with Gasteiger partial charge >= 0.3 is 6.18 Å². The van der Waals surface area contributed by atoms with Crippen LogP contribution in [0.2, 0.25) is 0 Å². The molecule has 4 nitrogen and oxygen atoms in total. The smallest absolute Gasteiger partial charge is 0.383 e. The van der Waals surface area contributed by atoms with E-state index in [4.69, 9.17) is 0 Å². The molecule has 1 aromatic heterocycles. The van der Waals surface area contributed by atoms with E-state index in [2.05, 4.69) is 4.98 Å². The van der Waals surface area contributed by atoms with Gasteiger partial charge in [0.05, 0.1) is 11.0 Å². The molecule has 0 aliphatic heterocycles. The van der Waals surface area contributed by atoms with Gasteiger partial charge in [-0.1, -0.05) is 0 Å². The lowest BCUT2D eigenvalue weighted by molar-refractivity contribution is -0.140. The monoisotopic (exact) mass is 333 g/mol. The molecule has 0 aliphatic rings. The number of rotatable bonds is 4. The molecular formula is C14H12F5N3O. The lowest BCUT2D eigenvalue weighted by Crippen LogP contribution is -2.21. The van der Waals surface area contributed by atoms with Crippen molar-refractivity contribution in [2.24, 2.45) is 0 Å². The highest BCUT2D eigenvalue weighted by Gasteiger charge is 2.31. The summed E-state index contributed by atoms with van der Waals surface area (Å²) in [5.74, 6) is -3.92. The normalized spacial score (nSPS) is 12.3. The molecule has 0 radical (unpaired) electrons. The predicted octanol–water partition coefficient (Wildman–Crippen LogP) is 3.13. The van der Waals surface area contributed by atoms with Crippen molar-refractivity contribution in [1.29, 1.82) is 0 Å². The van der Waals surface area contributed by atoms with Crippen LogP contribution in [0.3, 0.4) is 0 Å². The lowest BCUT2D eigenvalue weighted by Gasteiger charge is -2.11. The number of aromatic nitrogens is 2. The van der Waals surface area contributed by atoms with Crippen molar-refractivity contribution < 1.29 is 26.7 Å². The maximum atomic E-state index is 13.3. The average molecular weight is 333 g/mol. The van der Waals surface area contributed by atoms with E-state index in [1.807, 2.05) is 0 Å². The van der Waals surface area contributed by atoms with E-state index in [0.29, 0.717) is 16.7 Å². The standard InChI is InChI=1S/C14H12F5N3O/c1-21(2)4-3-12(23)13-20-10-5-8(15)9(16)6-11(10)22(13)7-14(17,18)19/h3-6H,7H2,1-2H3/b4-3+. The Morgan fingerprint density at radius 1 is 1.26 bits per heavy atom. The second-order valence-corrected chi connectivity index (χ2v) is 5.04. The quantitative estimate of drug-likeness (QED) is 0.490. The number of benzene rings is 1. The van der Waals surface area contributed by atoms with Gasteiger partial charge in [0, 0.05) is 38.5 Å². The summed E-state index contributed by atoms with van der Waals surface area (Å²) in [4.78, 5) is 17.3. The number of imidazole rings is 1. The first-order valence-corrected chi connectivity index (χ1v) is 6.39. The Bertz CT molecular complexity index is 777. The van der Waals surface area contributed by atoms with Crippen LogP contribution in [0.4, 0.5) is 22.0 Å². The van der Waals surface area contributed by atoms with Crippen LogP contribution in [0.5, 0.6) is 0 Å². The molecular weight excluding hydrogens is 321 g/mol. The molecule has 0 saturated carbocycles. The van der Waals surface area contributed by atoms with Gasteiger partial charge in [-0.3, -0.25) is 4.79 Å². The molecule has 1 aromatic carbocycles. The number of nitrogens with zero attached hydrogens (tertiary/aromatic N) is 3. The van der Waals surface area contributed by atoms with E-state index < -0.39 is 36.0 Å². The Morgan fingerprint density at radius 2 is 1.87 bits per heavy atom. The third-order valence-electron chi connectivity index (χ3n) is 2.87. The molecule has 0 bridgehead atoms. The number of alkyl halides is 3. The van der Waals surface area contributed by atoms with Crippen LogP contribution in [-0.2, 0) is 6.54 Å². The first-order valence-electron chi connectivity index (χ1n) is 6.39. The molecule has 0 amide bonds. The van der Waals surface area contributed by atoms with Crippen LogP contribution in [0.25, 0.3) is 11.0 Å². The Hall–Kier alpha value is -2.45. The number of fused-ring (bicyclic) bond motifs is 1. The number of carbonyl (C=O) groups is 1. The number of allylic oxidation sites excluding steroid dienone is 1. The summed E-state index contributed by atoms with van der Waals surface area (Å²) in [5, 5.41) is 0.